The Bertz CT molecular complexity index is 334. The Morgan fingerprint density at radius 3 is 2.76 bits per heavy atom. The largest absolute Gasteiger partial charge is 0.467 e. The number of nitrogens with one attached hydrogen (secondary N) is 1. The van der Waals surface area contributed by atoms with Gasteiger partial charge < -0.3 is 19.5 Å². The van der Waals surface area contributed by atoms with E-state index in [1.54, 1.807) is 14.2 Å². The van der Waals surface area contributed by atoms with Gasteiger partial charge in [-0.25, -0.2) is 0 Å². The molecule has 0 fully saturated rings. The highest BCUT2D eigenvalue weighted by Crippen LogP contribution is 2.26. The summed E-state index contributed by atoms with van der Waals surface area (Å²) in [4.78, 5) is 0. The molecule has 0 saturated carbocycles. The van der Waals surface area contributed by atoms with E-state index in [-0.39, 0.29) is 6.79 Å². The van der Waals surface area contributed by atoms with Crippen molar-refractivity contribution in [2.24, 2.45) is 0 Å². The third kappa shape index (κ3) is 4.91. The van der Waals surface area contributed by atoms with E-state index >= 15 is 0 Å². The molecule has 1 aromatic rings. The van der Waals surface area contributed by atoms with Gasteiger partial charge in [-0.05, 0) is 12.1 Å². The zero-order valence-electron chi connectivity index (χ0n) is 10.2. The van der Waals surface area contributed by atoms with Crippen molar-refractivity contribution < 1.29 is 14.2 Å². The van der Waals surface area contributed by atoms with Crippen molar-refractivity contribution in [2.75, 3.05) is 34.2 Å². The van der Waals surface area contributed by atoms with Crippen molar-refractivity contribution in [1.29, 1.82) is 0 Å². The molecule has 1 aromatic carbocycles. The quantitative estimate of drug-likeness (QED) is 0.573. The average molecular weight is 260 g/mol. The molecule has 0 aromatic heterocycles. The maximum absolute atomic E-state index is 6.13. The molecule has 5 heteroatoms. The number of rotatable bonds is 8. The summed E-state index contributed by atoms with van der Waals surface area (Å²) in [6.07, 6.45) is 0. The Morgan fingerprint density at radius 1 is 1.24 bits per heavy atom. The molecule has 0 heterocycles. The molecule has 0 saturated heterocycles. The van der Waals surface area contributed by atoms with Crippen LogP contribution in [-0.4, -0.2) is 34.2 Å². The molecule has 0 atom stereocenters. The normalized spacial score (nSPS) is 10.5. The fourth-order valence-corrected chi connectivity index (χ4v) is 1.59. The van der Waals surface area contributed by atoms with Gasteiger partial charge in [-0.3, -0.25) is 0 Å². The van der Waals surface area contributed by atoms with Crippen LogP contribution in [0.25, 0.3) is 0 Å². The van der Waals surface area contributed by atoms with Crippen LogP contribution in [0.15, 0.2) is 18.2 Å². The smallest absolute Gasteiger partial charge is 0.188 e. The monoisotopic (exact) mass is 259 g/mol. The third-order valence-electron chi connectivity index (χ3n) is 2.19. The molecule has 0 aliphatic rings. The lowest BCUT2D eigenvalue weighted by molar-refractivity contribution is 0.0503. The van der Waals surface area contributed by atoms with E-state index in [0.29, 0.717) is 18.2 Å². The standard InChI is InChI=1S/C12H18ClNO3/c1-15-7-6-14-8-10-11(13)4-3-5-12(10)17-9-16-2/h3-5,14H,6-9H2,1-2H3. The van der Waals surface area contributed by atoms with Crippen LogP contribution >= 0.6 is 11.6 Å². The maximum Gasteiger partial charge on any atom is 0.188 e. The minimum absolute atomic E-state index is 0.214. The average Bonchev–Trinajstić information content (AvgIpc) is 2.34. The molecule has 4 nitrogen and oxygen atoms in total. The first kappa shape index (κ1) is 14.3. The summed E-state index contributed by atoms with van der Waals surface area (Å²) in [6, 6.07) is 5.57. The molecular formula is C12H18ClNO3. The lowest BCUT2D eigenvalue weighted by atomic mass is 10.2. The maximum atomic E-state index is 6.13. The zero-order chi connectivity index (χ0) is 12.5. The van der Waals surface area contributed by atoms with Crippen LogP contribution in [0.1, 0.15) is 5.56 Å². The van der Waals surface area contributed by atoms with E-state index in [2.05, 4.69) is 5.32 Å². The number of ether oxygens (including phenoxy) is 3. The van der Waals surface area contributed by atoms with E-state index in [1.807, 2.05) is 18.2 Å². The van der Waals surface area contributed by atoms with Crippen molar-refractivity contribution in [2.45, 2.75) is 6.54 Å². The number of methoxy groups -OCH3 is 2. The molecule has 0 aliphatic carbocycles. The number of hydrogen-bond donors (Lipinski definition) is 1. The number of benzene rings is 1. The predicted octanol–water partition coefficient (Wildman–Crippen LogP) is 2.06. The van der Waals surface area contributed by atoms with Gasteiger partial charge in [0.25, 0.3) is 0 Å². The second kappa shape index (κ2) is 8.31. The molecular weight excluding hydrogens is 242 g/mol. The van der Waals surface area contributed by atoms with Gasteiger partial charge in [-0.15, -0.1) is 0 Å². The minimum atomic E-state index is 0.214. The molecule has 0 aliphatic heterocycles. The van der Waals surface area contributed by atoms with Gasteiger partial charge in [0, 0.05) is 37.9 Å². The number of hydrogen-bond acceptors (Lipinski definition) is 4. The Hall–Kier alpha value is -0.810. The molecule has 0 amide bonds. The van der Waals surface area contributed by atoms with Gasteiger partial charge in [-0.2, -0.15) is 0 Å². The molecule has 96 valence electrons. The van der Waals surface area contributed by atoms with Gasteiger partial charge >= 0.3 is 0 Å². The van der Waals surface area contributed by atoms with Crippen molar-refractivity contribution in [3.8, 4) is 5.75 Å². The van der Waals surface area contributed by atoms with E-state index < -0.39 is 0 Å². The third-order valence-corrected chi connectivity index (χ3v) is 2.55. The predicted molar refractivity (Wildman–Crippen MR) is 67.5 cm³/mol. The first-order valence-corrected chi connectivity index (χ1v) is 5.76. The zero-order valence-corrected chi connectivity index (χ0v) is 10.9. The lowest BCUT2D eigenvalue weighted by Gasteiger charge is -2.13. The van der Waals surface area contributed by atoms with Gasteiger partial charge in [0.05, 0.1) is 6.61 Å². The van der Waals surface area contributed by atoms with Crippen LogP contribution in [0, 0.1) is 0 Å². The van der Waals surface area contributed by atoms with Crippen molar-refractivity contribution in [1.82, 2.24) is 5.32 Å². The molecule has 0 bridgehead atoms. The Balaban J connectivity index is 2.60. The Kier molecular flexibility index (Phi) is 6.96. The van der Waals surface area contributed by atoms with Crippen molar-refractivity contribution in [3.05, 3.63) is 28.8 Å². The Morgan fingerprint density at radius 2 is 2.06 bits per heavy atom. The fourth-order valence-electron chi connectivity index (χ4n) is 1.36. The van der Waals surface area contributed by atoms with Gasteiger partial charge in [0.15, 0.2) is 6.79 Å². The highest BCUT2D eigenvalue weighted by molar-refractivity contribution is 6.31. The van der Waals surface area contributed by atoms with E-state index in [1.165, 1.54) is 0 Å². The molecule has 17 heavy (non-hydrogen) atoms. The van der Waals surface area contributed by atoms with Crippen LogP contribution in [0.2, 0.25) is 5.02 Å². The highest BCUT2D eigenvalue weighted by Gasteiger charge is 2.07. The lowest BCUT2D eigenvalue weighted by Crippen LogP contribution is -2.19. The summed E-state index contributed by atoms with van der Waals surface area (Å²) in [6.45, 7) is 2.29. The second-order valence-electron chi connectivity index (χ2n) is 3.44. The van der Waals surface area contributed by atoms with Crippen LogP contribution in [0.3, 0.4) is 0 Å². The van der Waals surface area contributed by atoms with E-state index in [4.69, 9.17) is 25.8 Å². The summed E-state index contributed by atoms with van der Waals surface area (Å²) in [7, 11) is 3.26. The fraction of sp³-hybridized carbons (Fsp3) is 0.500. The summed E-state index contributed by atoms with van der Waals surface area (Å²) in [5, 5.41) is 3.91. The molecule has 0 unspecified atom stereocenters. The van der Waals surface area contributed by atoms with Crippen LogP contribution < -0.4 is 10.1 Å². The summed E-state index contributed by atoms with van der Waals surface area (Å²) < 4.78 is 15.3. The van der Waals surface area contributed by atoms with Crippen LogP contribution in [-0.2, 0) is 16.0 Å². The summed E-state index contributed by atoms with van der Waals surface area (Å²) in [5.41, 5.74) is 0.933. The van der Waals surface area contributed by atoms with Gasteiger partial charge in [0.2, 0.25) is 0 Å². The molecule has 1 rings (SSSR count). The first-order chi connectivity index (χ1) is 8.29. The van der Waals surface area contributed by atoms with E-state index in [0.717, 1.165) is 17.9 Å². The summed E-state index contributed by atoms with van der Waals surface area (Å²) >= 11 is 6.13. The first-order valence-electron chi connectivity index (χ1n) is 5.38. The van der Waals surface area contributed by atoms with Crippen molar-refractivity contribution in [3.63, 3.8) is 0 Å². The second-order valence-corrected chi connectivity index (χ2v) is 3.84. The molecule has 1 N–H and O–H groups in total. The minimum Gasteiger partial charge on any atom is -0.467 e. The topological polar surface area (TPSA) is 39.7 Å². The highest BCUT2D eigenvalue weighted by atomic mass is 35.5. The summed E-state index contributed by atoms with van der Waals surface area (Å²) in [5.74, 6) is 0.740. The van der Waals surface area contributed by atoms with Crippen LogP contribution in [0.5, 0.6) is 5.75 Å². The van der Waals surface area contributed by atoms with Gasteiger partial charge in [-0.1, -0.05) is 17.7 Å². The van der Waals surface area contributed by atoms with E-state index in [9.17, 15) is 0 Å². The number of halogens is 1. The van der Waals surface area contributed by atoms with Crippen molar-refractivity contribution >= 4 is 11.6 Å². The van der Waals surface area contributed by atoms with Gasteiger partial charge in [0.1, 0.15) is 5.75 Å². The molecule has 0 radical (unpaired) electrons. The Labute approximate surface area is 107 Å². The molecule has 0 spiro atoms. The van der Waals surface area contributed by atoms with Crippen LogP contribution in [0.4, 0.5) is 0 Å². The SMILES string of the molecule is COCCNCc1c(Cl)cccc1OCOC.